The van der Waals surface area contributed by atoms with Crippen molar-refractivity contribution < 1.29 is 0 Å². The van der Waals surface area contributed by atoms with Crippen LogP contribution in [0.5, 0.6) is 0 Å². The predicted octanol–water partition coefficient (Wildman–Crippen LogP) is 4.67. The molecule has 1 saturated carbocycles. The molecular weight excluding hydrogens is 182 g/mol. The molecular formula is C14H31N. The van der Waals surface area contributed by atoms with Crippen LogP contribution in [0.1, 0.15) is 73.1 Å². The van der Waals surface area contributed by atoms with Crippen LogP contribution in [0.15, 0.2) is 12.2 Å². The first kappa shape index (κ1) is 17.1. The zero-order valence-electron chi connectivity index (χ0n) is 11.5. The van der Waals surface area contributed by atoms with Crippen molar-refractivity contribution in [2.45, 2.75) is 78.7 Å². The number of hydrogen-bond acceptors (Lipinski definition) is 1. The van der Waals surface area contributed by atoms with E-state index in [1.54, 1.807) is 0 Å². The van der Waals surface area contributed by atoms with E-state index in [0.717, 1.165) is 0 Å². The van der Waals surface area contributed by atoms with Crippen molar-refractivity contribution in [3.8, 4) is 0 Å². The van der Waals surface area contributed by atoms with Crippen LogP contribution < -0.4 is 5.73 Å². The van der Waals surface area contributed by atoms with Gasteiger partial charge in [-0.3, -0.25) is 0 Å². The minimum atomic E-state index is 0. The van der Waals surface area contributed by atoms with Gasteiger partial charge in [0.15, 0.2) is 0 Å². The van der Waals surface area contributed by atoms with Gasteiger partial charge in [-0.1, -0.05) is 44.1 Å². The van der Waals surface area contributed by atoms with Gasteiger partial charge >= 0.3 is 0 Å². The fraction of sp³-hybridized carbons (Fsp3) is 0.857. The van der Waals surface area contributed by atoms with E-state index in [1.165, 1.54) is 44.1 Å². The van der Waals surface area contributed by atoms with E-state index < -0.39 is 0 Å². The third-order valence-corrected chi connectivity index (χ3v) is 1.50. The summed E-state index contributed by atoms with van der Waals surface area (Å²) in [6.07, 6.45) is 9.00. The third kappa shape index (κ3) is 57.7. The van der Waals surface area contributed by atoms with Gasteiger partial charge in [-0.25, -0.2) is 0 Å². The van der Waals surface area contributed by atoms with Crippen LogP contribution in [0, 0.1) is 0 Å². The predicted molar refractivity (Wildman–Crippen MR) is 72.1 cm³/mol. The van der Waals surface area contributed by atoms with E-state index in [2.05, 4.69) is 6.58 Å². The van der Waals surface area contributed by atoms with Gasteiger partial charge in [-0.05, 0) is 34.6 Å². The van der Waals surface area contributed by atoms with Crippen molar-refractivity contribution in [2.75, 3.05) is 0 Å². The summed E-state index contributed by atoms with van der Waals surface area (Å²) in [7, 11) is 0. The Hall–Kier alpha value is -0.300. The summed E-state index contributed by atoms with van der Waals surface area (Å²) in [6, 6.07) is 0. The second kappa shape index (κ2) is 10.2. The van der Waals surface area contributed by atoms with Crippen LogP contribution in [0.25, 0.3) is 0 Å². The lowest BCUT2D eigenvalue weighted by Crippen LogP contribution is -2.26. The molecule has 1 nitrogen and oxygen atoms in total. The summed E-state index contributed by atoms with van der Waals surface area (Å²) < 4.78 is 0. The number of allylic oxidation sites excluding steroid dienone is 1. The Kier molecular flexibility index (Phi) is 11.7. The van der Waals surface area contributed by atoms with Crippen LogP contribution in [0.3, 0.4) is 0 Å². The lowest BCUT2D eigenvalue weighted by Gasteiger charge is -2.06. The highest BCUT2D eigenvalue weighted by Crippen LogP contribution is 2.15. The lowest BCUT2D eigenvalue weighted by atomic mass is 10.0. The Morgan fingerprint density at radius 2 is 0.933 bits per heavy atom. The SMILES string of the molecule is C1CCCCC1.C=C(C)C.CC(C)(C)N. The lowest BCUT2D eigenvalue weighted by molar-refractivity contribution is 0.504. The molecule has 0 heterocycles. The fourth-order valence-corrected chi connectivity index (χ4v) is 1.06. The molecule has 0 spiro atoms. The van der Waals surface area contributed by atoms with E-state index in [-0.39, 0.29) is 5.54 Å². The number of nitrogens with two attached hydrogens (primary N) is 1. The summed E-state index contributed by atoms with van der Waals surface area (Å²) >= 11 is 0. The molecule has 0 bridgehead atoms. The maximum Gasteiger partial charge on any atom is 0.00686 e. The molecule has 0 amide bonds. The second-order valence-corrected chi connectivity index (χ2v) is 5.69. The fourth-order valence-electron chi connectivity index (χ4n) is 1.06. The average molecular weight is 213 g/mol. The van der Waals surface area contributed by atoms with E-state index in [1.807, 2.05) is 34.6 Å². The molecule has 0 aromatic heterocycles. The topological polar surface area (TPSA) is 26.0 Å². The van der Waals surface area contributed by atoms with Gasteiger partial charge < -0.3 is 5.73 Å². The Balaban J connectivity index is 0. The molecule has 0 aromatic carbocycles. The highest BCUT2D eigenvalue weighted by atomic mass is 14.7. The standard InChI is InChI=1S/C6H12.C4H11N.C4H8/c1-2-4-6-5-3-1;1-4(2,3)5;1-4(2)3/h1-6H2;5H2,1-3H3;1H2,2-3H3. The average Bonchev–Trinajstić information content (AvgIpc) is 2.03. The van der Waals surface area contributed by atoms with Crippen LogP contribution in [-0.4, -0.2) is 5.54 Å². The summed E-state index contributed by atoms with van der Waals surface area (Å²) in [5.74, 6) is 0. The van der Waals surface area contributed by atoms with Gasteiger partial charge in [0.25, 0.3) is 0 Å². The normalized spacial score (nSPS) is 15.3. The molecule has 0 aliphatic heterocycles. The van der Waals surface area contributed by atoms with Crippen molar-refractivity contribution >= 4 is 0 Å². The van der Waals surface area contributed by atoms with Gasteiger partial charge in [0.05, 0.1) is 0 Å². The third-order valence-electron chi connectivity index (χ3n) is 1.50. The van der Waals surface area contributed by atoms with Crippen LogP contribution in [-0.2, 0) is 0 Å². The molecule has 15 heavy (non-hydrogen) atoms. The monoisotopic (exact) mass is 213 g/mol. The van der Waals surface area contributed by atoms with Gasteiger partial charge in [-0.2, -0.15) is 0 Å². The van der Waals surface area contributed by atoms with Crippen molar-refractivity contribution in [2.24, 2.45) is 5.73 Å². The maximum absolute atomic E-state index is 5.35. The largest absolute Gasteiger partial charge is 0.326 e. The second-order valence-electron chi connectivity index (χ2n) is 5.69. The maximum atomic E-state index is 5.35. The van der Waals surface area contributed by atoms with Gasteiger partial charge in [0, 0.05) is 5.54 Å². The molecule has 1 heteroatoms. The summed E-state index contributed by atoms with van der Waals surface area (Å²) in [4.78, 5) is 0. The van der Waals surface area contributed by atoms with Crippen molar-refractivity contribution in [3.63, 3.8) is 0 Å². The molecule has 92 valence electrons. The minimum Gasteiger partial charge on any atom is -0.326 e. The smallest absolute Gasteiger partial charge is 0.00686 e. The molecule has 1 fully saturated rings. The van der Waals surface area contributed by atoms with E-state index >= 15 is 0 Å². The van der Waals surface area contributed by atoms with Crippen molar-refractivity contribution in [3.05, 3.63) is 12.2 Å². The van der Waals surface area contributed by atoms with Gasteiger partial charge in [0.2, 0.25) is 0 Å². The Bertz CT molecular complexity index is 116. The first-order chi connectivity index (χ1) is 6.73. The van der Waals surface area contributed by atoms with Crippen LogP contribution in [0.4, 0.5) is 0 Å². The molecule has 1 aliphatic rings. The molecule has 1 aliphatic carbocycles. The molecule has 0 atom stereocenters. The summed E-state index contributed by atoms with van der Waals surface area (Å²) in [5.41, 5.74) is 6.52. The van der Waals surface area contributed by atoms with Gasteiger partial charge in [-0.15, -0.1) is 6.58 Å². The quantitative estimate of drug-likeness (QED) is 0.582. The van der Waals surface area contributed by atoms with Crippen LogP contribution in [0.2, 0.25) is 0 Å². The Morgan fingerprint density at radius 1 is 0.867 bits per heavy atom. The molecule has 0 saturated heterocycles. The number of hydrogen-bond donors (Lipinski definition) is 1. The molecule has 0 unspecified atom stereocenters. The van der Waals surface area contributed by atoms with Crippen LogP contribution >= 0.6 is 0 Å². The first-order valence-corrected chi connectivity index (χ1v) is 6.14. The first-order valence-electron chi connectivity index (χ1n) is 6.14. The van der Waals surface area contributed by atoms with E-state index in [9.17, 15) is 0 Å². The zero-order valence-corrected chi connectivity index (χ0v) is 11.5. The zero-order chi connectivity index (χ0) is 12.3. The molecule has 0 radical (unpaired) electrons. The van der Waals surface area contributed by atoms with Crippen molar-refractivity contribution in [1.29, 1.82) is 0 Å². The molecule has 1 rings (SSSR count). The summed E-state index contributed by atoms with van der Waals surface area (Å²) in [5, 5.41) is 0. The minimum absolute atomic E-state index is 0. The molecule has 0 aromatic rings. The van der Waals surface area contributed by atoms with Gasteiger partial charge in [0.1, 0.15) is 0 Å². The Morgan fingerprint density at radius 3 is 1.00 bits per heavy atom. The highest BCUT2D eigenvalue weighted by molar-refractivity contribution is 4.78. The Labute approximate surface area is 97.1 Å². The van der Waals surface area contributed by atoms with Crippen molar-refractivity contribution in [1.82, 2.24) is 0 Å². The summed E-state index contributed by atoms with van der Waals surface area (Å²) in [6.45, 7) is 13.4. The number of rotatable bonds is 0. The molecule has 2 N–H and O–H groups in total. The highest BCUT2D eigenvalue weighted by Gasteiger charge is 1.96. The van der Waals surface area contributed by atoms with E-state index in [4.69, 9.17) is 5.73 Å². The van der Waals surface area contributed by atoms with E-state index in [0.29, 0.717) is 0 Å².